The molecule has 0 aliphatic carbocycles. The fourth-order valence-corrected chi connectivity index (χ4v) is 2.75. The molecule has 0 radical (unpaired) electrons. The molecular formula is C19H26N2. The molecule has 0 aromatic heterocycles. The molecule has 0 aliphatic rings. The minimum atomic E-state index is 0.377. The van der Waals surface area contributed by atoms with Crippen LogP contribution in [0.5, 0.6) is 0 Å². The summed E-state index contributed by atoms with van der Waals surface area (Å²) in [5.74, 6) is 0. The first-order chi connectivity index (χ1) is 10.2. The Bertz CT molecular complexity index is 519. The zero-order chi connectivity index (χ0) is 15.1. The molecule has 0 bridgehead atoms. The van der Waals surface area contributed by atoms with Crippen molar-refractivity contribution in [1.29, 1.82) is 0 Å². The lowest BCUT2D eigenvalue weighted by Crippen LogP contribution is -2.26. The van der Waals surface area contributed by atoms with Gasteiger partial charge in [-0.15, -0.1) is 0 Å². The highest BCUT2D eigenvalue weighted by Gasteiger charge is 2.16. The molecule has 1 unspecified atom stereocenters. The Morgan fingerprint density at radius 2 is 1.57 bits per heavy atom. The molecule has 2 rings (SSSR count). The van der Waals surface area contributed by atoms with Gasteiger partial charge in [-0.25, -0.2) is 0 Å². The summed E-state index contributed by atoms with van der Waals surface area (Å²) in [5.41, 5.74) is 9.90. The van der Waals surface area contributed by atoms with Gasteiger partial charge in [0.2, 0.25) is 0 Å². The summed E-state index contributed by atoms with van der Waals surface area (Å²) in [7, 11) is 2.18. The van der Waals surface area contributed by atoms with E-state index in [9.17, 15) is 0 Å². The Balaban J connectivity index is 2.09. The van der Waals surface area contributed by atoms with E-state index in [4.69, 9.17) is 5.73 Å². The van der Waals surface area contributed by atoms with Gasteiger partial charge in [0.1, 0.15) is 0 Å². The first kappa shape index (κ1) is 15.7. The molecule has 0 amide bonds. The molecule has 112 valence electrons. The second-order valence-corrected chi connectivity index (χ2v) is 5.59. The number of nitrogens with two attached hydrogens (primary N) is 1. The van der Waals surface area contributed by atoms with Crippen molar-refractivity contribution in [3.05, 3.63) is 71.3 Å². The average molecular weight is 282 g/mol. The van der Waals surface area contributed by atoms with Crippen molar-refractivity contribution in [2.24, 2.45) is 5.73 Å². The summed E-state index contributed by atoms with van der Waals surface area (Å²) in [5, 5.41) is 0. The van der Waals surface area contributed by atoms with Crippen molar-refractivity contribution in [3.8, 4) is 0 Å². The van der Waals surface area contributed by atoms with Gasteiger partial charge in [0, 0.05) is 12.6 Å². The maximum atomic E-state index is 5.81. The minimum absolute atomic E-state index is 0.377. The van der Waals surface area contributed by atoms with Gasteiger partial charge in [-0.1, -0.05) is 61.5 Å². The van der Waals surface area contributed by atoms with Gasteiger partial charge in [0.25, 0.3) is 0 Å². The Kier molecular flexibility index (Phi) is 5.97. The molecule has 21 heavy (non-hydrogen) atoms. The van der Waals surface area contributed by atoms with Crippen LogP contribution in [0.1, 0.15) is 36.1 Å². The van der Waals surface area contributed by atoms with Crippen molar-refractivity contribution >= 4 is 0 Å². The second-order valence-electron chi connectivity index (χ2n) is 5.59. The van der Waals surface area contributed by atoms with Crippen molar-refractivity contribution in [2.45, 2.75) is 32.4 Å². The Hall–Kier alpha value is -1.64. The molecule has 0 aliphatic heterocycles. The maximum Gasteiger partial charge on any atom is 0.0360 e. The smallest absolute Gasteiger partial charge is 0.0360 e. The molecule has 0 spiro atoms. The van der Waals surface area contributed by atoms with E-state index < -0.39 is 0 Å². The van der Waals surface area contributed by atoms with E-state index in [1.807, 2.05) is 0 Å². The summed E-state index contributed by atoms with van der Waals surface area (Å²) in [6.45, 7) is 3.84. The number of rotatable bonds is 7. The van der Waals surface area contributed by atoms with E-state index in [0.717, 1.165) is 19.4 Å². The molecule has 0 saturated carbocycles. The van der Waals surface area contributed by atoms with Crippen LogP contribution in [0.4, 0.5) is 0 Å². The fourth-order valence-electron chi connectivity index (χ4n) is 2.75. The van der Waals surface area contributed by atoms with E-state index in [0.29, 0.717) is 12.6 Å². The van der Waals surface area contributed by atoms with E-state index in [1.165, 1.54) is 16.7 Å². The highest BCUT2D eigenvalue weighted by Crippen LogP contribution is 2.24. The molecule has 0 fully saturated rings. The molecule has 2 aromatic carbocycles. The van der Waals surface area contributed by atoms with E-state index in [1.54, 1.807) is 0 Å². The minimum Gasteiger partial charge on any atom is -0.330 e. The van der Waals surface area contributed by atoms with Crippen molar-refractivity contribution in [1.82, 2.24) is 4.90 Å². The lowest BCUT2D eigenvalue weighted by molar-refractivity contribution is 0.227. The van der Waals surface area contributed by atoms with Gasteiger partial charge in [-0.3, -0.25) is 4.90 Å². The number of hydrogen-bond donors (Lipinski definition) is 1. The van der Waals surface area contributed by atoms with Crippen LogP contribution < -0.4 is 5.73 Å². The van der Waals surface area contributed by atoms with Crippen LogP contribution in [0, 0.1) is 0 Å². The second kappa shape index (κ2) is 7.96. The molecule has 2 nitrogen and oxygen atoms in total. The molecule has 2 heteroatoms. The zero-order valence-corrected chi connectivity index (χ0v) is 13.1. The van der Waals surface area contributed by atoms with Crippen molar-refractivity contribution in [3.63, 3.8) is 0 Å². The van der Waals surface area contributed by atoms with Crippen LogP contribution in [-0.2, 0) is 13.0 Å². The van der Waals surface area contributed by atoms with E-state index in [-0.39, 0.29) is 0 Å². The lowest BCUT2D eigenvalue weighted by atomic mass is 10.0. The third-order valence-electron chi connectivity index (χ3n) is 4.02. The summed E-state index contributed by atoms with van der Waals surface area (Å²) in [6.07, 6.45) is 2.07. The van der Waals surface area contributed by atoms with Crippen molar-refractivity contribution in [2.75, 3.05) is 13.6 Å². The van der Waals surface area contributed by atoms with Crippen LogP contribution in [0.15, 0.2) is 54.6 Å². The predicted molar refractivity (Wildman–Crippen MR) is 90.1 cm³/mol. The third kappa shape index (κ3) is 4.42. The fraction of sp³-hybridized carbons (Fsp3) is 0.368. The van der Waals surface area contributed by atoms with Crippen LogP contribution >= 0.6 is 0 Å². The summed E-state index contributed by atoms with van der Waals surface area (Å²) >= 11 is 0. The molecular weight excluding hydrogens is 256 g/mol. The van der Waals surface area contributed by atoms with Gasteiger partial charge in [-0.05, 0) is 43.1 Å². The Labute approximate surface area is 128 Å². The maximum absolute atomic E-state index is 5.81. The molecule has 1 atom stereocenters. The molecule has 0 heterocycles. The summed E-state index contributed by atoms with van der Waals surface area (Å²) in [6, 6.07) is 19.9. The largest absolute Gasteiger partial charge is 0.330 e. The monoisotopic (exact) mass is 282 g/mol. The third-order valence-corrected chi connectivity index (χ3v) is 4.02. The predicted octanol–water partition coefficient (Wildman–Crippen LogP) is 3.77. The van der Waals surface area contributed by atoms with Gasteiger partial charge in [0.05, 0.1) is 0 Å². The van der Waals surface area contributed by atoms with Crippen LogP contribution in [0.25, 0.3) is 0 Å². The molecule has 2 N–H and O–H groups in total. The summed E-state index contributed by atoms with van der Waals surface area (Å²) < 4.78 is 0. The highest BCUT2D eigenvalue weighted by molar-refractivity contribution is 5.23. The SMILES string of the molecule is CCc1ccc(CN(C)C(CCN)c2ccccc2)cc1. The normalized spacial score (nSPS) is 12.6. The van der Waals surface area contributed by atoms with Gasteiger partial charge in [-0.2, -0.15) is 0 Å². The zero-order valence-electron chi connectivity index (χ0n) is 13.1. The molecule has 2 aromatic rings. The topological polar surface area (TPSA) is 29.3 Å². The van der Waals surface area contributed by atoms with Crippen LogP contribution in [0.3, 0.4) is 0 Å². The first-order valence-electron chi connectivity index (χ1n) is 7.77. The van der Waals surface area contributed by atoms with Gasteiger partial charge >= 0.3 is 0 Å². The first-order valence-corrected chi connectivity index (χ1v) is 7.77. The average Bonchev–Trinajstić information content (AvgIpc) is 2.54. The number of hydrogen-bond acceptors (Lipinski definition) is 2. The standard InChI is InChI=1S/C19H26N2/c1-3-16-9-11-17(12-10-16)15-21(2)19(13-14-20)18-7-5-4-6-8-18/h4-12,19H,3,13-15,20H2,1-2H3. The van der Waals surface area contributed by atoms with E-state index >= 15 is 0 Å². The number of benzene rings is 2. The lowest BCUT2D eigenvalue weighted by Gasteiger charge is -2.28. The van der Waals surface area contributed by atoms with Crippen molar-refractivity contribution < 1.29 is 0 Å². The quantitative estimate of drug-likeness (QED) is 0.837. The Morgan fingerprint density at radius 1 is 0.952 bits per heavy atom. The summed E-state index contributed by atoms with van der Waals surface area (Å²) in [4.78, 5) is 2.39. The number of aryl methyl sites for hydroxylation is 1. The van der Waals surface area contributed by atoms with E-state index in [2.05, 4.69) is 73.5 Å². The van der Waals surface area contributed by atoms with Gasteiger partial charge in [0.15, 0.2) is 0 Å². The number of nitrogens with zero attached hydrogens (tertiary/aromatic N) is 1. The van der Waals surface area contributed by atoms with Gasteiger partial charge < -0.3 is 5.73 Å². The Morgan fingerprint density at radius 3 is 2.14 bits per heavy atom. The van der Waals surface area contributed by atoms with Crippen LogP contribution in [-0.4, -0.2) is 18.5 Å². The molecule has 0 saturated heterocycles. The highest BCUT2D eigenvalue weighted by atomic mass is 15.1. The van der Waals surface area contributed by atoms with Crippen LogP contribution in [0.2, 0.25) is 0 Å².